The first-order valence-electron chi connectivity index (χ1n) is 4.13. The summed E-state index contributed by atoms with van der Waals surface area (Å²) in [5, 5.41) is 0. The van der Waals surface area contributed by atoms with Gasteiger partial charge in [-0.15, -0.1) is 0 Å². The fourth-order valence-corrected chi connectivity index (χ4v) is 1.86. The Labute approximate surface area is 61.9 Å². The Morgan fingerprint density at radius 3 is 3.20 bits per heavy atom. The van der Waals surface area contributed by atoms with Gasteiger partial charge in [0.1, 0.15) is 0 Å². The lowest BCUT2D eigenvalue weighted by Gasteiger charge is -2.26. The second-order valence-electron chi connectivity index (χ2n) is 3.19. The predicted octanol–water partition coefficient (Wildman–Crippen LogP) is 2.04. The van der Waals surface area contributed by atoms with Crippen LogP contribution in [-0.2, 0) is 0 Å². The highest BCUT2D eigenvalue weighted by Gasteiger charge is 2.21. The smallest absolute Gasteiger partial charge is 0.0388 e. The minimum Gasteiger partial charge on any atom is -0.297 e. The molecule has 0 radical (unpaired) electrons. The van der Waals surface area contributed by atoms with E-state index in [0.29, 0.717) is 5.92 Å². The summed E-state index contributed by atoms with van der Waals surface area (Å²) >= 11 is 0. The fraction of sp³-hybridized carbons (Fsp3) is 0.667. The molecule has 0 saturated carbocycles. The summed E-state index contributed by atoms with van der Waals surface area (Å²) in [5.41, 5.74) is 0. The largest absolute Gasteiger partial charge is 0.297 e. The van der Waals surface area contributed by atoms with E-state index >= 15 is 0 Å². The molecular weight excluding hydrogens is 122 g/mol. The molecule has 0 aromatic heterocycles. The van der Waals surface area contributed by atoms with Crippen LogP contribution in [0.15, 0.2) is 17.1 Å². The SMILES string of the molecule is C1=CC2C=NCCC2CC1. The van der Waals surface area contributed by atoms with E-state index in [1.165, 1.54) is 19.3 Å². The molecule has 1 heteroatoms. The molecule has 2 rings (SSSR count). The Morgan fingerprint density at radius 2 is 2.30 bits per heavy atom. The van der Waals surface area contributed by atoms with E-state index < -0.39 is 0 Å². The molecule has 1 heterocycles. The molecule has 2 aliphatic rings. The fourth-order valence-electron chi connectivity index (χ4n) is 1.86. The van der Waals surface area contributed by atoms with Gasteiger partial charge in [0.05, 0.1) is 0 Å². The lowest BCUT2D eigenvalue weighted by molar-refractivity contribution is 0.392. The molecule has 10 heavy (non-hydrogen) atoms. The van der Waals surface area contributed by atoms with Crippen molar-refractivity contribution >= 4 is 6.21 Å². The third-order valence-electron chi connectivity index (χ3n) is 2.51. The number of fused-ring (bicyclic) bond motifs is 1. The molecule has 0 fully saturated rings. The van der Waals surface area contributed by atoms with Gasteiger partial charge >= 0.3 is 0 Å². The van der Waals surface area contributed by atoms with Crippen molar-refractivity contribution in [1.82, 2.24) is 0 Å². The molecule has 54 valence electrons. The second kappa shape index (κ2) is 2.57. The first-order chi connectivity index (χ1) is 4.97. The van der Waals surface area contributed by atoms with Gasteiger partial charge in [0.25, 0.3) is 0 Å². The second-order valence-corrected chi connectivity index (χ2v) is 3.19. The minimum absolute atomic E-state index is 0.683. The zero-order chi connectivity index (χ0) is 6.81. The molecule has 1 aliphatic heterocycles. The van der Waals surface area contributed by atoms with E-state index in [1.807, 2.05) is 0 Å². The van der Waals surface area contributed by atoms with Crippen LogP contribution in [0.2, 0.25) is 0 Å². The van der Waals surface area contributed by atoms with Crippen LogP contribution in [0.5, 0.6) is 0 Å². The van der Waals surface area contributed by atoms with Gasteiger partial charge in [-0.05, 0) is 25.2 Å². The number of hydrogen-bond donors (Lipinski definition) is 0. The first kappa shape index (κ1) is 6.14. The monoisotopic (exact) mass is 135 g/mol. The summed E-state index contributed by atoms with van der Waals surface area (Å²) in [6, 6.07) is 0. The Balaban J connectivity index is 2.15. The molecule has 2 unspecified atom stereocenters. The summed E-state index contributed by atoms with van der Waals surface area (Å²) < 4.78 is 0. The van der Waals surface area contributed by atoms with Gasteiger partial charge in [-0.1, -0.05) is 12.2 Å². The van der Waals surface area contributed by atoms with E-state index in [2.05, 4.69) is 23.4 Å². The van der Waals surface area contributed by atoms with Crippen molar-refractivity contribution in [3.63, 3.8) is 0 Å². The van der Waals surface area contributed by atoms with Crippen LogP contribution in [0.1, 0.15) is 19.3 Å². The minimum atomic E-state index is 0.683. The molecule has 0 aromatic rings. The van der Waals surface area contributed by atoms with E-state index in [1.54, 1.807) is 0 Å². The maximum atomic E-state index is 4.29. The molecule has 1 nitrogen and oxygen atoms in total. The number of nitrogens with zero attached hydrogens (tertiary/aromatic N) is 1. The zero-order valence-corrected chi connectivity index (χ0v) is 6.16. The third kappa shape index (κ3) is 1.00. The predicted molar refractivity (Wildman–Crippen MR) is 43.3 cm³/mol. The van der Waals surface area contributed by atoms with Crippen LogP contribution in [0.3, 0.4) is 0 Å². The summed E-state index contributed by atoms with van der Waals surface area (Å²) in [6.45, 7) is 1.06. The molecule has 0 saturated heterocycles. The third-order valence-corrected chi connectivity index (χ3v) is 2.51. The van der Waals surface area contributed by atoms with Crippen molar-refractivity contribution in [2.75, 3.05) is 6.54 Å². The van der Waals surface area contributed by atoms with Crippen LogP contribution in [0, 0.1) is 11.8 Å². The van der Waals surface area contributed by atoms with Crippen LogP contribution in [-0.4, -0.2) is 12.8 Å². The van der Waals surface area contributed by atoms with E-state index in [9.17, 15) is 0 Å². The first-order valence-corrected chi connectivity index (χ1v) is 4.13. The Hall–Kier alpha value is -0.590. The molecule has 0 bridgehead atoms. The van der Waals surface area contributed by atoms with Crippen LogP contribution < -0.4 is 0 Å². The standard InChI is InChI=1S/C9H13N/c1-2-4-9-7-10-6-5-8(9)3-1/h2,4,7-9H,1,3,5-6H2. The van der Waals surface area contributed by atoms with Gasteiger partial charge in [-0.25, -0.2) is 0 Å². The van der Waals surface area contributed by atoms with Crippen LogP contribution in [0.25, 0.3) is 0 Å². The van der Waals surface area contributed by atoms with Crippen LogP contribution >= 0.6 is 0 Å². The summed E-state index contributed by atoms with van der Waals surface area (Å²) in [6.07, 6.45) is 10.7. The number of rotatable bonds is 0. The highest BCUT2D eigenvalue weighted by Crippen LogP contribution is 2.28. The van der Waals surface area contributed by atoms with Gasteiger partial charge in [0.15, 0.2) is 0 Å². The number of allylic oxidation sites excluding steroid dienone is 2. The molecule has 0 amide bonds. The van der Waals surface area contributed by atoms with Crippen LogP contribution in [0.4, 0.5) is 0 Å². The Kier molecular flexibility index (Phi) is 1.58. The molecular formula is C9H13N. The van der Waals surface area contributed by atoms with Crippen molar-refractivity contribution in [2.24, 2.45) is 16.8 Å². The lowest BCUT2D eigenvalue weighted by Crippen LogP contribution is -2.21. The highest BCUT2D eigenvalue weighted by molar-refractivity contribution is 5.64. The molecule has 2 atom stereocenters. The summed E-state index contributed by atoms with van der Waals surface area (Å²) in [7, 11) is 0. The molecule has 1 aliphatic carbocycles. The van der Waals surface area contributed by atoms with Crippen molar-refractivity contribution < 1.29 is 0 Å². The van der Waals surface area contributed by atoms with Crippen molar-refractivity contribution in [3.8, 4) is 0 Å². The number of aliphatic imine (C=N–C) groups is 1. The maximum Gasteiger partial charge on any atom is 0.0388 e. The zero-order valence-electron chi connectivity index (χ0n) is 6.16. The topological polar surface area (TPSA) is 12.4 Å². The molecule has 0 N–H and O–H groups in total. The maximum absolute atomic E-state index is 4.29. The van der Waals surface area contributed by atoms with E-state index in [0.717, 1.165) is 12.5 Å². The quantitative estimate of drug-likeness (QED) is 0.451. The van der Waals surface area contributed by atoms with Gasteiger partial charge in [-0.3, -0.25) is 4.99 Å². The van der Waals surface area contributed by atoms with Crippen molar-refractivity contribution in [1.29, 1.82) is 0 Å². The van der Waals surface area contributed by atoms with E-state index in [4.69, 9.17) is 0 Å². The van der Waals surface area contributed by atoms with Gasteiger partial charge in [-0.2, -0.15) is 0 Å². The van der Waals surface area contributed by atoms with E-state index in [-0.39, 0.29) is 0 Å². The van der Waals surface area contributed by atoms with Gasteiger partial charge in [0, 0.05) is 18.7 Å². The average molecular weight is 135 g/mol. The summed E-state index contributed by atoms with van der Waals surface area (Å²) in [4.78, 5) is 4.29. The number of hydrogen-bond acceptors (Lipinski definition) is 1. The highest BCUT2D eigenvalue weighted by atomic mass is 14.7. The normalized spacial score (nSPS) is 37.6. The lowest BCUT2D eigenvalue weighted by atomic mass is 9.81. The van der Waals surface area contributed by atoms with Crippen molar-refractivity contribution in [3.05, 3.63) is 12.2 Å². The summed E-state index contributed by atoms with van der Waals surface area (Å²) in [5.74, 6) is 1.60. The van der Waals surface area contributed by atoms with Gasteiger partial charge < -0.3 is 0 Å². The Morgan fingerprint density at radius 1 is 1.30 bits per heavy atom. The Bertz CT molecular complexity index is 152. The van der Waals surface area contributed by atoms with Crippen molar-refractivity contribution in [2.45, 2.75) is 19.3 Å². The average Bonchev–Trinajstić information content (AvgIpc) is 2.05. The molecule has 0 spiro atoms. The van der Waals surface area contributed by atoms with Gasteiger partial charge in [0.2, 0.25) is 0 Å². The molecule has 0 aromatic carbocycles.